The molecule has 0 saturated carbocycles. The lowest BCUT2D eigenvalue weighted by Crippen LogP contribution is -2.44. The van der Waals surface area contributed by atoms with E-state index in [-0.39, 0.29) is 31.0 Å². The van der Waals surface area contributed by atoms with E-state index >= 15 is 0 Å². The standard InChI is InChI=1S/C19H28N2O3.ClH/c1-4-6-15-7-8-17(18(12-15)23-3)24-14-19(22)21(11-5-2)16-9-10-20-13-16;/h4,6-8,12,16,20H,5,9-11,13-14H2,1-3H3;1H/b6-4+;. The largest absolute Gasteiger partial charge is 0.493 e. The summed E-state index contributed by atoms with van der Waals surface area (Å²) < 4.78 is 11.1. The molecule has 1 amide bonds. The number of hydrogen-bond acceptors (Lipinski definition) is 4. The van der Waals surface area contributed by atoms with E-state index in [2.05, 4.69) is 12.2 Å². The molecule has 25 heavy (non-hydrogen) atoms. The third-order valence-electron chi connectivity index (χ3n) is 4.16. The van der Waals surface area contributed by atoms with E-state index in [1.165, 1.54) is 0 Å². The van der Waals surface area contributed by atoms with Crippen LogP contribution >= 0.6 is 12.4 Å². The number of rotatable bonds is 8. The summed E-state index contributed by atoms with van der Waals surface area (Å²) in [6.45, 7) is 6.70. The first-order valence-electron chi connectivity index (χ1n) is 8.63. The van der Waals surface area contributed by atoms with Crippen molar-refractivity contribution in [3.8, 4) is 11.5 Å². The predicted molar refractivity (Wildman–Crippen MR) is 104 cm³/mol. The Morgan fingerprint density at radius 2 is 2.20 bits per heavy atom. The molecular formula is C19H29ClN2O3. The quantitative estimate of drug-likeness (QED) is 0.766. The molecule has 1 N–H and O–H groups in total. The first kappa shape index (κ1) is 21.3. The molecule has 6 heteroatoms. The number of allylic oxidation sites excluding steroid dienone is 1. The van der Waals surface area contributed by atoms with Crippen molar-refractivity contribution in [1.29, 1.82) is 0 Å². The molecule has 140 valence electrons. The molecule has 1 heterocycles. The topological polar surface area (TPSA) is 50.8 Å². The normalized spacial score (nSPS) is 16.5. The van der Waals surface area contributed by atoms with Crippen LogP contribution < -0.4 is 14.8 Å². The van der Waals surface area contributed by atoms with E-state index in [1.807, 2.05) is 42.2 Å². The van der Waals surface area contributed by atoms with Gasteiger partial charge in [0, 0.05) is 19.1 Å². The number of halogens is 1. The Kier molecular flexibility index (Phi) is 9.39. The van der Waals surface area contributed by atoms with Gasteiger partial charge in [0.2, 0.25) is 0 Å². The van der Waals surface area contributed by atoms with Crippen LogP contribution in [-0.2, 0) is 4.79 Å². The van der Waals surface area contributed by atoms with E-state index in [4.69, 9.17) is 9.47 Å². The average molecular weight is 369 g/mol. The van der Waals surface area contributed by atoms with Gasteiger partial charge in [-0.3, -0.25) is 4.79 Å². The molecule has 0 radical (unpaired) electrons. The first-order chi connectivity index (χ1) is 11.7. The molecule has 1 aromatic carbocycles. The minimum Gasteiger partial charge on any atom is -0.493 e. The lowest BCUT2D eigenvalue weighted by molar-refractivity contribution is -0.135. The van der Waals surface area contributed by atoms with Crippen LogP contribution in [0, 0.1) is 0 Å². The lowest BCUT2D eigenvalue weighted by Gasteiger charge is -2.28. The van der Waals surface area contributed by atoms with Crippen molar-refractivity contribution in [3.05, 3.63) is 29.8 Å². The van der Waals surface area contributed by atoms with Crippen LogP contribution in [0.5, 0.6) is 11.5 Å². The highest BCUT2D eigenvalue weighted by molar-refractivity contribution is 5.85. The molecule has 0 spiro atoms. The summed E-state index contributed by atoms with van der Waals surface area (Å²) in [6, 6.07) is 5.99. The van der Waals surface area contributed by atoms with Gasteiger partial charge < -0.3 is 19.7 Å². The van der Waals surface area contributed by atoms with Crippen LogP contribution in [0.1, 0.15) is 32.3 Å². The molecule has 2 rings (SSSR count). The number of hydrogen-bond donors (Lipinski definition) is 1. The van der Waals surface area contributed by atoms with Gasteiger partial charge in [-0.2, -0.15) is 0 Å². The van der Waals surface area contributed by atoms with E-state index in [0.717, 1.165) is 38.0 Å². The highest BCUT2D eigenvalue weighted by Gasteiger charge is 2.26. The van der Waals surface area contributed by atoms with Crippen molar-refractivity contribution >= 4 is 24.4 Å². The summed E-state index contributed by atoms with van der Waals surface area (Å²) in [4.78, 5) is 14.5. The molecule has 1 unspecified atom stereocenters. The van der Waals surface area contributed by atoms with Gasteiger partial charge in [0.1, 0.15) is 0 Å². The summed E-state index contributed by atoms with van der Waals surface area (Å²) >= 11 is 0. The van der Waals surface area contributed by atoms with E-state index < -0.39 is 0 Å². The highest BCUT2D eigenvalue weighted by Crippen LogP contribution is 2.28. The predicted octanol–water partition coefficient (Wildman–Crippen LogP) is 3.13. The summed E-state index contributed by atoms with van der Waals surface area (Å²) in [5.74, 6) is 1.27. The van der Waals surface area contributed by atoms with Gasteiger partial charge in [0.05, 0.1) is 7.11 Å². The molecule has 0 bridgehead atoms. The lowest BCUT2D eigenvalue weighted by atomic mass is 10.2. The Morgan fingerprint density at radius 1 is 1.40 bits per heavy atom. The maximum atomic E-state index is 12.6. The fraction of sp³-hybridized carbons (Fsp3) is 0.526. The second kappa shape index (κ2) is 11.0. The van der Waals surface area contributed by atoms with Crippen molar-refractivity contribution < 1.29 is 14.3 Å². The van der Waals surface area contributed by atoms with E-state index in [1.54, 1.807) is 7.11 Å². The van der Waals surface area contributed by atoms with Crippen LogP contribution in [0.3, 0.4) is 0 Å². The fourth-order valence-corrected chi connectivity index (χ4v) is 2.98. The number of benzene rings is 1. The van der Waals surface area contributed by atoms with Gasteiger partial charge in [-0.1, -0.05) is 25.1 Å². The molecular weight excluding hydrogens is 340 g/mol. The number of ether oxygens (including phenoxy) is 2. The highest BCUT2D eigenvalue weighted by atomic mass is 35.5. The van der Waals surface area contributed by atoms with Gasteiger partial charge in [-0.25, -0.2) is 0 Å². The molecule has 1 saturated heterocycles. The molecule has 1 atom stereocenters. The number of nitrogens with one attached hydrogen (secondary N) is 1. The Morgan fingerprint density at radius 3 is 2.80 bits per heavy atom. The maximum absolute atomic E-state index is 12.6. The van der Waals surface area contributed by atoms with Crippen LogP contribution in [0.4, 0.5) is 0 Å². The van der Waals surface area contributed by atoms with Crippen molar-refractivity contribution in [1.82, 2.24) is 10.2 Å². The van der Waals surface area contributed by atoms with Crippen LogP contribution in [-0.4, -0.2) is 50.2 Å². The molecule has 1 aromatic rings. The van der Waals surface area contributed by atoms with Gasteiger partial charge in [0.15, 0.2) is 18.1 Å². The molecule has 0 aliphatic carbocycles. The Bertz CT molecular complexity index is 572. The van der Waals surface area contributed by atoms with Gasteiger partial charge in [0.25, 0.3) is 5.91 Å². The maximum Gasteiger partial charge on any atom is 0.260 e. The zero-order valence-electron chi connectivity index (χ0n) is 15.3. The van der Waals surface area contributed by atoms with Crippen molar-refractivity contribution in [2.24, 2.45) is 0 Å². The monoisotopic (exact) mass is 368 g/mol. The number of nitrogens with zero attached hydrogens (tertiary/aromatic N) is 1. The van der Waals surface area contributed by atoms with Crippen LogP contribution in [0.15, 0.2) is 24.3 Å². The summed E-state index contributed by atoms with van der Waals surface area (Å²) in [7, 11) is 1.61. The van der Waals surface area contributed by atoms with Crippen molar-refractivity contribution in [2.45, 2.75) is 32.7 Å². The third kappa shape index (κ3) is 5.94. The second-order valence-electron chi connectivity index (χ2n) is 5.93. The molecule has 1 aliphatic heterocycles. The SMILES string of the molecule is C/C=C/c1ccc(OCC(=O)N(CCC)C2CCNC2)c(OC)c1.Cl. The van der Waals surface area contributed by atoms with Crippen LogP contribution in [0.2, 0.25) is 0 Å². The van der Waals surface area contributed by atoms with E-state index in [9.17, 15) is 4.79 Å². The Labute approximate surface area is 156 Å². The van der Waals surface area contributed by atoms with Gasteiger partial charge >= 0.3 is 0 Å². The average Bonchev–Trinajstić information content (AvgIpc) is 3.12. The number of amides is 1. The van der Waals surface area contributed by atoms with Crippen molar-refractivity contribution in [3.63, 3.8) is 0 Å². The molecule has 0 aromatic heterocycles. The molecule has 5 nitrogen and oxygen atoms in total. The summed E-state index contributed by atoms with van der Waals surface area (Å²) in [5.41, 5.74) is 1.04. The van der Waals surface area contributed by atoms with Crippen molar-refractivity contribution in [2.75, 3.05) is 33.4 Å². The second-order valence-corrected chi connectivity index (χ2v) is 5.93. The Balaban J connectivity index is 0.00000312. The Hall–Kier alpha value is -1.72. The minimum absolute atomic E-state index is 0. The summed E-state index contributed by atoms with van der Waals surface area (Å²) in [5, 5.41) is 3.32. The zero-order valence-corrected chi connectivity index (χ0v) is 16.1. The van der Waals surface area contributed by atoms with Gasteiger partial charge in [-0.05, 0) is 44.0 Å². The third-order valence-corrected chi connectivity index (χ3v) is 4.16. The van der Waals surface area contributed by atoms with Gasteiger partial charge in [-0.15, -0.1) is 12.4 Å². The molecule has 1 aliphatic rings. The minimum atomic E-state index is 0. The fourth-order valence-electron chi connectivity index (χ4n) is 2.98. The number of carbonyl (C=O) groups excluding carboxylic acids is 1. The molecule has 1 fully saturated rings. The van der Waals surface area contributed by atoms with Crippen LogP contribution in [0.25, 0.3) is 6.08 Å². The number of carbonyl (C=O) groups is 1. The summed E-state index contributed by atoms with van der Waals surface area (Å²) in [6.07, 6.45) is 5.92. The smallest absolute Gasteiger partial charge is 0.260 e. The first-order valence-corrected chi connectivity index (χ1v) is 8.63. The number of methoxy groups -OCH3 is 1. The zero-order chi connectivity index (χ0) is 17.4. The van der Waals surface area contributed by atoms with E-state index in [0.29, 0.717) is 11.5 Å².